The molecule has 1 N–H and O–H groups in total. The van der Waals surface area contributed by atoms with E-state index in [1.807, 2.05) is 24.5 Å². The maximum atomic E-state index is 4.38. The lowest BCUT2D eigenvalue weighted by atomic mass is 10.3. The Hall–Kier alpha value is -0.910. The van der Waals surface area contributed by atoms with E-state index < -0.39 is 0 Å². The number of rotatable bonds is 6. The van der Waals surface area contributed by atoms with E-state index in [0.717, 1.165) is 39.6 Å². The number of nitrogens with one attached hydrogen (secondary N) is 1. The van der Waals surface area contributed by atoms with Gasteiger partial charge in [0.15, 0.2) is 5.16 Å². The van der Waals surface area contributed by atoms with Crippen molar-refractivity contribution in [2.45, 2.75) is 29.9 Å². The Balaban J connectivity index is 1.92. The number of benzene rings is 1. The average Bonchev–Trinajstić information content (AvgIpc) is 2.44. The first kappa shape index (κ1) is 14.5. The predicted octanol–water partition coefficient (Wildman–Crippen LogP) is 3.89. The van der Waals surface area contributed by atoms with Gasteiger partial charge >= 0.3 is 0 Å². The van der Waals surface area contributed by atoms with Crippen LogP contribution in [-0.4, -0.2) is 16.5 Å². The van der Waals surface area contributed by atoms with Gasteiger partial charge in [-0.25, -0.2) is 9.97 Å². The Labute approximate surface area is 126 Å². The third kappa shape index (κ3) is 4.93. The number of hydrogen-bond acceptors (Lipinski definition) is 4. The van der Waals surface area contributed by atoms with Crippen molar-refractivity contribution in [2.75, 3.05) is 6.54 Å². The molecule has 0 aliphatic rings. The van der Waals surface area contributed by atoms with Gasteiger partial charge in [-0.3, -0.25) is 0 Å². The van der Waals surface area contributed by atoms with Crippen molar-refractivity contribution in [3.8, 4) is 0 Å². The summed E-state index contributed by atoms with van der Waals surface area (Å²) in [6, 6.07) is 8.14. The average molecular weight is 338 g/mol. The van der Waals surface area contributed by atoms with Crippen molar-refractivity contribution in [1.29, 1.82) is 0 Å². The molecule has 0 saturated carbocycles. The summed E-state index contributed by atoms with van der Waals surface area (Å²) in [5, 5.41) is 4.11. The Morgan fingerprint density at radius 2 is 1.84 bits per heavy atom. The zero-order valence-electron chi connectivity index (χ0n) is 10.8. The Bertz CT molecular complexity index is 499. The van der Waals surface area contributed by atoms with Crippen molar-refractivity contribution in [3.05, 3.63) is 46.7 Å². The Morgan fingerprint density at radius 3 is 2.47 bits per heavy atom. The summed E-state index contributed by atoms with van der Waals surface area (Å²) < 4.78 is 1.08. The van der Waals surface area contributed by atoms with Crippen LogP contribution in [0.5, 0.6) is 0 Å². The summed E-state index contributed by atoms with van der Waals surface area (Å²) >= 11 is 4.99. The van der Waals surface area contributed by atoms with Crippen LogP contribution in [-0.2, 0) is 6.54 Å². The molecule has 1 aromatic heterocycles. The molecule has 0 unspecified atom stereocenters. The molecule has 0 aliphatic carbocycles. The second-order valence-corrected chi connectivity index (χ2v) is 6.06. The molecule has 0 atom stereocenters. The van der Waals surface area contributed by atoms with Gasteiger partial charge in [-0.1, -0.05) is 22.9 Å². The Kier molecular flexibility index (Phi) is 5.82. The van der Waals surface area contributed by atoms with Crippen molar-refractivity contribution < 1.29 is 0 Å². The minimum absolute atomic E-state index is 0.779. The third-order valence-electron chi connectivity index (χ3n) is 2.46. The van der Waals surface area contributed by atoms with E-state index in [1.165, 1.54) is 0 Å². The molecule has 0 saturated heterocycles. The third-order valence-corrected chi connectivity index (χ3v) is 3.89. The molecule has 5 heteroatoms. The fourth-order valence-electron chi connectivity index (χ4n) is 1.50. The van der Waals surface area contributed by atoms with Gasteiger partial charge in [0.05, 0.1) is 0 Å². The number of halogens is 1. The molecule has 100 valence electrons. The molecule has 2 aromatic rings. The summed E-state index contributed by atoms with van der Waals surface area (Å²) in [5.74, 6) is 0. The topological polar surface area (TPSA) is 37.8 Å². The Morgan fingerprint density at radius 1 is 1.16 bits per heavy atom. The van der Waals surface area contributed by atoms with Crippen molar-refractivity contribution >= 4 is 27.7 Å². The molecule has 0 bridgehead atoms. The summed E-state index contributed by atoms with van der Waals surface area (Å²) in [4.78, 5) is 9.89. The van der Waals surface area contributed by atoms with Gasteiger partial charge in [-0.15, -0.1) is 0 Å². The lowest BCUT2D eigenvalue weighted by Crippen LogP contribution is -2.14. The van der Waals surface area contributed by atoms with Crippen LogP contribution >= 0.6 is 27.7 Å². The molecule has 2 rings (SSSR count). The molecular formula is C14H16BrN3S. The summed E-state index contributed by atoms with van der Waals surface area (Å²) in [7, 11) is 0. The standard InChI is InChI=1S/C14H16BrN3S/c1-2-7-16-8-11-9-17-14(18-10-11)19-13-5-3-12(15)4-6-13/h3-6,9-10,16H,2,7-8H2,1H3. The predicted molar refractivity (Wildman–Crippen MR) is 82.3 cm³/mol. The minimum atomic E-state index is 0.779. The molecule has 0 radical (unpaired) electrons. The van der Waals surface area contributed by atoms with Crippen LogP contribution in [0.25, 0.3) is 0 Å². The van der Waals surface area contributed by atoms with Crippen LogP contribution in [0.2, 0.25) is 0 Å². The maximum Gasteiger partial charge on any atom is 0.192 e. The van der Waals surface area contributed by atoms with Gasteiger partial charge in [0, 0.05) is 33.9 Å². The summed E-state index contributed by atoms with van der Waals surface area (Å²) in [6.07, 6.45) is 4.91. The molecule has 19 heavy (non-hydrogen) atoms. The molecule has 1 heterocycles. The van der Waals surface area contributed by atoms with E-state index in [1.54, 1.807) is 11.8 Å². The summed E-state index contributed by atoms with van der Waals surface area (Å²) in [6.45, 7) is 4.01. The van der Waals surface area contributed by atoms with E-state index >= 15 is 0 Å². The minimum Gasteiger partial charge on any atom is -0.313 e. The van der Waals surface area contributed by atoms with E-state index in [9.17, 15) is 0 Å². The lowest BCUT2D eigenvalue weighted by molar-refractivity contribution is 0.669. The van der Waals surface area contributed by atoms with Gasteiger partial charge in [0.1, 0.15) is 0 Å². The molecule has 1 aromatic carbocycles. The highest BCUT2D eigenvalue weighted by Gasteiger charge is 2.01. The molecule has 3 nitrogen and oxygen atoms in total. The van der Waals surface area contributed by atoms with Crippen molar-refractivity contribution in [3.63, 3.8) is 0 Å². The van der Waals surface area contributed by atoms with Crippen LogP contribution in [0.1, 0.15) is 18.9 Å². The largest absolute Gasteiger partial charge is 0.313 e. The van der Waals surface area contributed by atoms with E-state index in [2.05, 4.69) is 50.3 Å². The molecule has 0 spiro atoms. The normalized spacial score (nSPS) is 10.6. The van der Waals surface area contributed by atoms with Crippen LogP contribution in [0, 0.1) is 0 Å². The van der Waals surface area contributed by atoms with E-state index in [-0.39, 0.29) is 0 Å². The van der Waals surface area contributed by atoms with Crippen molar-refractivity contribution in [1.82, 2.24) is 15.3 Å². The maximum absolute atomic E-state index is 4.38. The lowest BCUT2D eigenvalue weighted by Gasteiger charge is -2.04. The first-order valence-electron chi connectivity index (χ1n) is 6.23. The molecular weight excluding hydrogens is 322 g/mol. The SMILES string of the molecule is CCCNCc1cnc(Sc2ccc(Br)cc2)nc1. The van der Waals surface area contributed by atoms with Gasteiger partial charge < -0.3 is 5.32 Å². The quantitative estimate of drug-likeness (QED) is 0.641. The molecule has 0 fully saturated rings. The van der Waals surface area contributed by atoms with Crippen molar-refractivity contribution in [2.24, 2.45) is 0 Å². The molecule has 0 amide bonds. The highest BCUT2D eigenvalue weighted by molar-refractivity contribution is 9.10. The van der Waals surface area contributed by atoms with Crippen LogP contribution in [0.3, 0.4) is 0 Å². The van der Waals surface area contributed by atoms with Gasteiger partial charge in [0.2, 0.25) is 0 Å². The number of hydrogen-bond donors (Lipinski definition) is 1. The smallest absolute Gasteiger partial charge is 0.192 e. The second kappa shape index (κ2) is 7.62. The van der Waals surface area contributed by atoms with Crippen LogP contribution in [0.4, 0.5) is 0 Å². The first-order chi connectivity index (χ1) is 9.28. The number of nitrogens with zero attached hydrogens (tertiary/aromatic N) is 2. The summed E-state index contributed by atoms with van der Waals surface area (Å²) in [5.41, 5.74) is 1.12. The van der Waals surface area contributed by atoms with Gasteiger partial charge in [0.25, 0.3) is 0 Å². The second-order valence-electron chi connectivity index (χ2n) is 4.11. The first-order valence-corrected chi connectivity index (χ1v) is 7.84. The highest BCUT2D eigenvalue weighted by Crippen LogP contribution is 2.25. The zero-order valence-corrected chi connectivity index (χ0v) is 13.2. The van der Waals surface area contributed by atoms with Gasteiger partial charge in [-0.05, 0) is 49.0 Å². The van der Waals surface area contributed by atoms with Crippen LogP contribution < -0.4 is 5.32 Å². The van der Waals surface area contributed by atoms with E-state index in [0.29, 0.717) is 0 Å². The van der Waals surface area contributed by atoms with Crippen LogP contribution in [0.15, 0.2) is 51.2 Å². The molecule has 0 aliphatic heterocycles. The van der Waals surface area contributed by atoms with E-state index in [4.69, 9.17) is 0 Å². The fraction of sp³-hybridized carbons (Fsp3) is 0.286. The number of aromatic nitrogens is 2. The fourth-order valence-corrected chi connectivity index (χ4v) is 2.46. The zero-order chi connectivity index (χ0) is 13.5. The van der Waals surface area contributed by atoms with Gasteiger partial charge in [-0.2, -0.15) is 0 Å². The highest BCUT2D eigenvalue weighted by atomic mass is 79.9. The monoisotopic (exact) mass is 337 g/mol.